The van der Waals surface area contributed by atoms with Crippen LogP contribution in [0, 0.1) is 0 Å². The summed E-state index contributed by atoms with van der Waals surface area (Å²) < 4.78 is 84.3. The van der Waals surface area contributed by atoms with Crippen molar-refractivity contribution in [3.63, 3.8) is 0 Å². The number of anilines is 3. The predicted molar refractivity (Wildman–Crippen MR) is 165 cm³/mol. The summed E-state index contributed by atoms with van der Waals surface area (Å²) in [4.78, 5) is 2.02. The Labute approximate surface area is 240 Å². The van der Waals surface area contributed by atoms with Gasteiger partial charge in [0.05, 0.1) is 13.7 Å². The fraction of sp³-hybridized carbons (Fsp3) is 0. The minimum atomic E-state index is -0.444. The Hall–Kier alpha value is -4.66. The van der Waals surface area contributed by atoms with Crippen LogP contribution in [0.5, 0.6) is 0 Å². The van der Waals surface area contributed by atoms with E-state index in [0.717, 1.165) is 32.5 Å². The molecule has 0 unspecified atom stereocenters. The molecule has 6 aromatic carbocycles. The van der Waals surface area contributed by atoms with E-state index in [-0.39, 0.29) is 35.3 Å². The summed E-state index contributed by atoms with van der Waals surface area (Å²) in [5.74, 6) is 0. The van der Waals surface area contributed by atoms with Crippen molar-refractivity contribution in [2.75, 3.05) is 4.90 Å². The predicted octanol–water partition coefficient (Wildman–Crippen LogP) is 10.9. The van der Waals surface area contributed by atoms with Crippen LogP contribution in [0.25, 0.3) is 42.4 Å². The largest absolute Gasteiger partial charge is 0.310 e. The molecule has 0 fully saturated rings. The lowest BCUT2D eigenvalue weighted by molar-refractivity contribution is 1.29. The van der Waals surface area contributed by atoms with E-state index in [4.69, 9.17) is 13.7 Å². The number of thiophene rings is 1. The lowest BCUT2D eigenvalue weighted by atomic mass is 10.0. The van der Waals surface area contributed by atoms with Crippen LogP contribution >= 0.6 is 11.3 Å². The fourth-order valence-electron chi connectivity index (χ4n) is 4.64. The van der Waals surface area contributed by atoms with Crippen LogP contribution < -0.4 is 4.90 Å². The Kier molecular flexibility index (Phi) is 3.64. The van der Waals surface area contributed by atoms with Crippen LogP contribution in [0.2, 0.25) is 0 Å². The van der Waals surface area contributed by atoms with E-state index in [9.17, 15) is 0 Å². The Bertz CT molecular complexity index is 2230. The molecule has 0 N–H and O–H groups in total. The molecule has 0 saturated heterocycles. The zero-order valence-electron chi connectivity index (χ0n) is 30.0. The van der Waals surface area contributed by atoms with E-state index in [1.807, 2.05) is 47.4 Å². The lowest BCUT2D eigenvalue weighted by Gasteiger charge is -2.26. The molecule has 1 nitrogen and oxygen atoms in total. The average Bonchev–Trinajstić information content (AvgIpc) is 3.48. The third kappa shape index (κ3) is 4.15. The average molecular weight is 514 g/mol. The molecule has 0 aliphatic heterocycles. The molecule has 0 radical (unpaired) electrons. The summed E-state index contributed by atoms with van der Waals surface area (Å²) in [7, 11) is 0. The maximum Gasteiger partial charge on any atom is 0.0629 e. The third-order valence-electron chi connectivity index (χ3n) is 6.45. The first-order valence-electron chi connectivity index (χ1n) is 17.0. The maximum atomic E-state index is 8.42. The molecule has 0 bridgehead atoms. The molecular formula is C36H25NS. The van der Waals surface area contributed by atoms with Crippen molar-refractivity contribution in [1.29, 1.82) is 0 Å². The number of benzene rings is 6. The molecule has 0 aliphatic rings. The zero-order valence-corrected chi connectivity index (χ0v) is 20.8. The molecule has 0 atom stereocenters. The van der Waals surface area contributed by atoms with Gasteiger partial charge in [-0.3, -0.25) is 0 Å². The number of rotatable bonds is 5. The van der Waals surface area contributed by atoms with Gasteiger partial charge < -0.3 is 4.90 Å². The molecular weight excluding hydrogens is 478 g/mol. The minimum Gasteiger partial charge on any atom is -0.310 e. The van der Waals surface area contributed by atoms with Crippen LogP contribution in [0.4, 0.5) is 17.1 Å². The standard InChI is InChI=1S/C36H25NS/c1-3-9-26(10-4-1)28-15-19-30(20-16-28)37(31-21-17-29(18-22-31)27-11-5-2-6-12-27)32-23-24-36-34(25-32)33-13-7-8-14-35(33)38-36/h1-25H/i1D,2D,3D,4D,5D,6D,9D,10D,11D,12D. The third-order valence-corrected chi connectivity index (χ3v) is 7.60. The van der Waals surface area contributed by atoms with Crippen molar-refractivity contribution in [2.24, 2.45) is 0 Å². The molecule has 7 aromatic rings. The van der Waals surface area contributed by atoms with Crippen molar-refractivity contribution in [2.45, 2.75) is 0 Å². The van der Waals surface area contributed by atoms with Crippen LogP contribution in [-0.2, 0) is 0 Å². The first kappa shape index (κ1) is 14.3. The number of nitrogens with zero attached hydrogens (tertiary/aromatic N) is 1. The van der Waals surface area contributed by atoms with E-state index < -0.39 is 36.3 Å². The molecule has 0 saturated carbocycles. The second-order valence-corrected chi connectivity index (χ2v) is 9.79. The van der Waals surface area contributed by atoms with Crippen LogP contribution in [0.15, 0.2) is 151 Å². The summed E-state index contributed by atoms with van der Waals surface area (Å²) in [6, 6.07) is 25.1. The molecule has 7 rings (SSSR count). The van der Waals surface area contributed by atoms with Gasteiger partial charge in [-0.15, -0.1) is 11.3 Å². The Balaban J connectivity index is 1.38. The van der Waals surface area contributed by atoms with Crippen molar-refractivity contribution in [3.8, 4) is 22.3 Å². The van der Waals surface area contributed by atoms with E-state index in [2.05, 4.69) is 24.3 Å². The van der Waals surface area contributed by atoms with E-state index in [1.165, 1.54) is 4.70 Å². The number of hydrogen-bond donors (Lipinski definition) is 0. The van der Waals surface area contributed by atoms with Gasteiger partial charge in [0, 0.05) is 37.2 Å². The monoisotopic (exact) mass is 513 g/mol. The normalized spacial score (nSPS) is 14.8. The molecule has 0 aliphatic carbocycles. The van der Waals surface area contributed by atoms with Gasteiger partial charge in [-0.05, 0) is 70.8 Å². The Morgan fingerprint density at radius 3 is 1.53 bits per heavy atom. The van der Waals surface area contributed by atoms with Crippen LogP contribution in [0.1, 0.15) is 13.7 Å². The van der Waals surface area contributed by atoms with Crippen molar-refractivity contribution in [1.82, 2.24) is 0 Å². The van der Waals surface area contributed by atoms with Gasteiger partial charge in [-0.25, -0.2) is 0 Å². The van der Waals surface area contributed by atoms with Gasteiger partial charge >= 0.3 is 0 Å². The quantitative estimate of drug-likeness (QED) is 0.221. The van der Waals surface area contributed by atoms with Gasteiger partial charge in [-0.2, -0.15) is 0 Å². The van der Waals surface area contributed by atoms with Gasteiger partial charge in [0.25, 0.3) is 0 Å². The fourth-order valence-corrected chi connectivity index (χ4v) is 5.73. The van der Waals surface area contributed by atoms with Gasteiger partial charge in [-0.1, -0.05) is 103 Å². The first-order chi connectivity index (χ1) is 23.0. The summed E-state index contributed by atoms with van der Waals surface area (Å²) in [5.41, 5.74) is 3.51. The number of hydrogen-bond acceptors (Lipinski definition) is 2. The highest BCUT2D eigenvalue weighted by atomic mass is 32.1. The second kappa shape index (κ2) is 9.66. The van der Waals surface area contributed by atoms with E-state index >= 15 is 0 Å². The van der Waals surface area contributed by atoms with Gasteiger partial charge in [0.2, 0.25) is 0 Å². The summed E-state index contributed by atoms with van der Waals surface area (Å²) >= 11 is 1.71. The highest BCUT2D eigenvalue weighted by Crippen LogP contribution is 2.41. The molecule has 2 heteroatoms. The van der Waals surface area contributed by atoms with E-state index in [1.54, 1.807) is 35.6 Å². The molecule has 1 heterocycles. The van der Waals surface area contributed by atoms with Gasteiger partial charge in [0.1, 0.15) is 0 Å². The van der Waals surface area contributed by atoms with Crippen molar-refractivity contribution < 1.29 is 13.7 Å². The topological polar surface area (TPSA) is 3.24 Å². The minimum absolute atomic E-state index is 0.119. The maximum absolute atomic E-state index is 8.42. The van der Waals surface area contributed by atoms with Gasteiger partial charge in [0.15, 0.2) is 0 Å². The highest BCUT2D eigenvalue weighted by molar-refractivity contribution is 7.25. The summed E-state index contributed by atoms with van der Waals surface area (Å²) in [5, 5.41) is 2.22. The van der Waals surface area contributed by atoms with Crippen LogP contribution in [0.3, 0.4) is 0 Å². The molecule has 38 heavy (non-hydrogen) atoms. The Morgan fingerprint density at radius 2 is 0.947 bits per heavy atom. The second-order valence-electron chi connectivity index (χ2n) is 8.71. The van der Waals surface area contributed by atoms with Crippen molar-refractivity contribution in [3.05, 3.63) is 151 Å². The van der Waals surface area contributed by atoms with Crippen molar-refractivity contribution >= 4 is 48.6 Å². The number of fused-ring (bicyclic) bond motifs is 3. The van der Waals surface area contributed by atoms with Crippen LogP contribution in [-0.4, -0.2) is 0 Å². The molecule has 180 valence electrons. The molecule has 1 aromatic heterocycles. The zero-order chi connectivity index (χ0) is 34.0. The smallest absolute Gasteiger partial charge is 0.0629 e. The highest BCUT2D eigenvalue weighted by Gasteiger charge is 2.15. The SMILES string of the molecule is [2H]c1c([2H])c([2H])c(-c2ccc(N(c3ccc(-c4c([2H])c([2H])c([2H])c([2H])c4[2H])cc3)c3ccc4sc5ccccc5c4c3)cc2)c([2H])c1[2H]. The Morgan fingerprint density at radius 1 is 0.447 bits per heavy atom. The summed E-state index contributed by atoms with van der Waals surface area (Å²) in [6.07, 6.45) is 0. The molecule has 0 spiro atoms. The summed E-state index contributed by atoms with van der Waals surface area (Å²) in [6.45, 7) is 0. The first-order valence-corrected chi connectivity index (χ1v) is 12.9. The lowest BCUT2D eigenvalue weighted by Crippen LogP contribution is -2.09. The van der Waals surface area contributed by atoms with E-state index in [0.29, 0.717) is 11.1 Å². The molecule has 0 amide bonds.